The van der Waals surface area contributed by atoms with Gasteiger partial charge in [-0.15, -0.1) is 0 Å². The number of Topliss-reactive ketones (excluding diaryl/α,β-unsaturated/α-hetero) is 1. The maximum absolute atomic E-state index is 12.7. The highest BCUT2D eigenvalue weighted by Gasteiger charge is 2.21. The SMILES string of the molecule is CC(=O)c1ccc(S(=O)(=O)N(C)CCCC(=O)NC(C)c2ccc3ccccc3c2)cc1. The molecule has 3 aromatic rings. The Morgan fingerprint density at radius 3 is 2.28 bits per heavy atom. The number of amides is 1. The van der Waals surface area contributed by atoms with E-state index in [4.69, 9.17) is 0 Å². The van der Waals surface area contributed by atoms with E-state index < -0.39 is 10.0 Å². The molecule has 1 N–H and O–H groups in total. The monoisotopic (exact) mass is 452 g/mol. The van der Waals surface area contributed by atoms with Gasteiger partial charge in [-0.3, -0.25) is 9.59 Å². The van der Waals surface area contributed by atoms with Crippen LogP contribution in [0.1, 0.15) is 48.7 Å². The van der Waals surface area contributed by atoms with Gasteiger partial charge in [0.05, 0.1) is 10.9 Å². The molecular weight excluding hydrogens is 424 g/mol. The lowest BCUT2D eigenvalue weighted by molar-refractivity contribution is -0.121. The Hall–Kier alpha value is -3.03. The molecule has 1 unspecified atom stereocenters. The molecule has 1 atom stereocenters. The van der Waals surface area contributed by atoms with Gasteiger partial charge in [0.2, 0.25) is 15.9 Å². The molecule has 32 heavy (non-hydrogen) atoms. The Balaban J connectivity index is 1.52. The fraction of sp³-hybridized carbons (Fsp3) is 0.280. The molecule has 0 aliphatic heterocycles. The van der Waals surface area contributed by atoms with Crippen molar-refractivity contribution in [2.24, 2.45) is 0 Å². The molecular formula is C25H28N2O4S. The van der Waals surface area contributed by atoms with Gasteiger partial charge in [-0.25, -0.2) is 12.7 Å². The molecule has 0 spiro atoms. The number of ketones is 1. The second-order valence-corrected chi connectivity index (χ2v) is 9.95. The Bertz CT molecular complexity index is 1220. The van der Waals surface area contributed by atoms with Crippen molar-refractivity contribution in [3.63, 3.8) is 0 Å². The number of carbonyl (C=O) groups excluding carboxylic acids is 2. The fourth-order valence-corrected chi connectivity index (χ4v) is 4.71. The molecule has 0 saturated heterocycles. The van der Waals surface area contributed by atoms with Crippen LogP contribution in [0.25, 0.3) is 10.8 Å². The highest BCUT2D eigenvalue weighted by molar-refractivity contribution is 7.89. The van der Waals surface area contributed by atoms with E-state index in [9.17, 15) is 18.0 Å². The quantitative estimate of drug-likeness (QED) is 0.490. The topological polar surface area (TPSA) is 83.6 Å². The van der Waals surface area contributed by atoms with Crippen molar-refractivity contribution in [3.05, 3.63) is 77.9 Å². The smallest absolute Gasteiger partial charge is 0.242 e. The van der Waals surface area contributed by atoms with Gasteiger partial charge < -0.3 is 5.32 Å². The number of hydrogen-bond donors (Lipinski definition) is 1. The second-order valence-electron chi connectivity index (χ2n) is 7.91. The van der Waals surface area contributed by atoms with Crippen LogP contribution in [0.5, 0.6) is 0 Å². The van der Waals surface area contributed by atoms with Crippen molar-refractivity contribution in [3.8, 4) is 0 Å². The van der Waals surface area contributed by atoms with Gasteiger partial charge in [0, 0.05) is 25.6 Å². The Morgan fingerprint density at radius 1 is 0.969 bits per heavy atom. The molecule has 0 aromatic heterocycles. The van der Waals surface area contributed by atoms with E-state index >= 15 is 0 Å². The fourth-order valence-electron chi connectivity index (χ4n) is 3.50. The molecule has 0 bridgehead atoms. The summed E-state index contributed by atoms with van der Waals surface area (Å²) in [6, 6.07) is 19.9. The molecule has 1 amide bonds. The summed E-state index contributed by atoms with van der Waals surface area (Å²) < 4.78 is 26.6. The second kappa shape index (κ2) is 10.1. The first kappa shape index (κ1) is 23.6. The molecule has 0 radical (unpaired) electrons. The molecule has 0 aliphatic rings. The van der Waals surface area contributed by atoms with Gasteiger partial charge in [0.15, 0.2) is 5.78 Å². The summed E-state index contributed by atoms with van der Waals surface area (Å²) in [5.74, 6) is -0.242. The van der Waals surface area contributed by atoms with E-state index in [0.29, 0.717) is 12.0 Å². The van der Waals surface area contributed by atoms with Crippen molar-refractivity contribution in [2.75, 3.05) is 13.6 Å². The lowest BCUT2D eigenvalue weighted by Gasteiger charge is -2.18. The predicted octanol–water partition coefficient (Wildman–Crippen LogP) is 4.32. The highest BCUT2D eigenvalue weighted by atomic mass is 32.2. The van der Waals surface area contributed by atoms with Crippen molar-refractivity contribution in [1.82, 2.24) is 9.62 Å². The third kappa shape index (κ3) is 5.60. The summed E-state index contributed by atoms with van der Waals surface area (Å²) in [7, 11) is -2.19. The number of nitrogens with one attached hydrogen (secondary N) is 1. The van der Waals surface area contributed by atoms with Gasteiger partial charge in [-0.2, -0.15) is 0 Å². The van der Waals surface area contributed by atoms with E-state index in [2.05, 4.69) is 11.4 Å². The van der Waals surface area contributed by atoms with E-state index in [1.807, 2.05) is 43.3 Å². The van der Waals surface area contributed by atoms with Crippen molar-refractivity contribution >= 4 is 32.5 Å². The molecule has 0 aliphatic carbocycles. The molecule has 7 heteroatoms. The van der Waals surface area contributed by atoms with Crippen molar-refractivity contribution < 1.29 is 18.0 Å². The molecule has 3 rings (SSSR count). The van der Waals surface area contributed by atoms with Crippen LogP contribution in [0.4, 0.5) is 0 Å². The highest BCUT2D eigenvalue weighted by Crippen LogP contribution is 2.20. The van der Waals surface area contributed by atoms with Crippen LogP contribution in [0.15, 0.2) is 71.6 Å². The summed E-state index contributed by atoms with van der Waals surface area (Å²) in [4.78, 5) is 23.9. The van der Waals surface area contributed by atoms with Crippen LogP contribution >= 0.6 is 0 Å². The predicted molar refractivity (Wildman–Crippen MR) is 126 cm³/mol. The normalized spacial score (nSPS) is 12.6. The average Bonchev–Trinajstić information content (AvgIpc) is 2.78. The molecule has 0 fully saturated rings. The number of hydrogen-bond acceptors (Lipinski definition) is 4. The number of carbonyl (C=O) groups is 2. The Kier molecular flexibility index (Phi) is 7.43. The lowest BCUT2D eigenvalue weighted by atomic mass is 10.0. The van der Waals surface area contributed by atoms with E-state index in [1.165, 1.54) is 42.5 Å². The van der Waals surface area contributed by atoms with Crippen molar-refractivity contribution in [1.29, 1.82) is 0 Å². The van der Waals surface area contributed by atoms with Gasteiger partial charge >= 0.3 is 0 Å². The zero-order valence-electron chi connectivity index (χ0n) is 18.5. The summed E-state index contributed by atoms with van der Waals surface area (Å²) in [6.07, 6.45) is 0.624. The molecule has 6 nitrogen and oxygen atoms in total. The van der Waals surface area contributed by atoms with Crippen LogP contribution in [0.3, 0.4) is 0 Å². The van der Waals surface area contributed by atoms with Gasteiger partial charge in [-0.05, 0) is 54.8 Å². The number of benzene rings is 3. The summed E-state index contributed by atoms with van der Waals surface area (Å²) in [6.45, 7) is 3.58. The minimum Gasteiger partial charge on any atom is -0.350 e. The largest absolute Gasteiger partial charge is 0.350 e. The van der Waals surface area contributed by atoms with Gasteiger partial charge in [0.25, 0.3) is 0 Å². The van der Waals surface area contributed by atoms with E-state index in [-0.39, 0.29) is 35.6 Å². The van der Waals surface area contributed by atoms with Crippen LogP contribution < -0.4 is 5.32 Å². The minimum absolute atomic E-state index is 0.119. The Morgan fingerprint density at radius 2 is 1.62 bits per heavy atom. The van der Waals surface area contributed by atoms with Crippen LogP contribution in [-0.2, 0) is 14.8 Å². The molecule has 168 valence electrons. The number of rotatable bonds is 9. The lowest BCUT2D eigenvalue weighted by Crippen LogP contribution is -2.30. The first-order valence-electron chi connectivity index (χ1n) is 10.5. The molecule has 3 aromatic carbocycles. The van der Waals surface area contributed by atoms with Crippen molar-refractivity contribution in [2.45, 2.75) is 37.6 Å². The first-order valence-corrected chi connectivity index (χ1v) is 12.0. The summed E-state index contributed by atoms with van der Waals surface area (Å²) in [5.41, 5.74) is 1.48. The molecule has 0 saturated carbocycles. The molecule has 0 heterocycles. The van der Waals surface area contributed by atoms with Crippen LogP contribution in [0.2, 0.25) is 0 Å². The van der Waals surface area contributed by atoms with E-state index in [0.717, 1.165) is 16.3 Å². The third-order valence-electron chi connectivity index (χ3n) is 5.50. The number of nitrogens with zero attached hydrogens (tertiary/aromatic N) is 1. The number of sulfonamides is 1. The Labute approximate surface area is 189 Å². The zero-order valence-corrected chi connectivity index (χ0v) is 19.4. The van der Waals surface area contributed by atoms with E-state index in [1.54, 1.807) is 0 Å². The minimum atomic E-state index is -3.68. The maximum Gasteiger partial charge on any atom is 0.242 e. The summed E-state index contributed by atoms with van der Waals surface area (Å²) in [5, 5.41) is 5.25. The average molecular weight is 453 g/mol. The van der Waals surface area contributed by atoms with Gasteiger partial charge in [-0.1, -0.05) is 48.5 Å². The van der Waals surface area contributed by atoms with Crippen LogP contribution in [0, 0.1) is 0 Å². The standard InChI is InChI=1S/C25H28N2O4S/c1-18(22-11-10-21-7-4-5-8-23(21)17-22)26-25(29)9-6-16-27(3)32(30,31)24-14-12-20(13-15-24)19(2)28/h4-5,7-8,10-15,17-18H,6,9,16H2,1-3H3,(H,26,29). The zero-order chi connectivity index (χ0) is 23.3. The maximum atomic E-state index is 12.7. The van der Waals surface area contributed by atoms with Gasteiger partial charge in [0.1, 0.15) is 0 Å². The van der Waals surface area contributed by atoms with Crippen LogP contribution in [-0.4, -0.2) is 38.0 Å². The number of fused-ring (bicyclic) bond motifs is 1. The summed E-state index contributed by atoms with van der Waals surface area (Å²) >= 11 is 0. The first-order chi connectivity index (χ1) is 15.2. The third-order valence-corrected chi connectivity index (χ3v) is 7.37.